The third-order valence-electron chi connectivity index (χ3n) is 3.62. The fourth-order valence-corrected chi connectivity index (χ4v) is 2.15. The molecular formula is C20H23NO4. The van der Waals surface area contributed by atoms with Crippen LogP contribution >= 0.6 is 0 Å². The number of nitrogens with one attached hydrogen (secondary N) is 1. The Morgan fingerprint density at radius 3 is 2.40 bits per heavy atom. The monoisotopic (exact) mass is 341 g/mol. The highest BCUT2D eigenvalue weighted by molar-refractivity contribution is 6.04. The first-order valence-corrected chi connectivity index (χ1v) is 8.22. The lowest BCUT2D eigenvalue weighted by Gasteiger charge is -2.10. The third kappa shape index (κ3) is 5.64. The zero-order valence-electron chi connectivity index (χ0n) is 14.7. The van der Waals surface area contributed by atoms with Gasteiger partial charge >= 0.3 is 5.97 Å². The summed E-state index contributed by atoms with van der Waals surface area (Å²) in [7, 11) is 1.33. The largest absolute Gasteiger partial charge is 0.494 e. The maximum atomic E-state index is 12.4. The molecule has 1 amide bonds. The van der Waals surface area contributed by atoms with Gasteiger partial charge in [-0.15, -0.1) is 0 Å². The summed E-state index contributed by atoms with van der Waals surface area (Å²) in [4.78, 5) is 23.8. The van der Waals surface area contributed by atoms with Crippen LogP contribution in [-0.2, 0) is 4.74 Å². The minimum Gasteiger partial charge on any atom is -0.494 e. The smallest absolute Gasteiger partial charge is 0.337 e. The quantitative estimate of drug-likeness (QED) is 0.768. The van der Waals surface area contributed by atoms with Gasteiger partial charge in [0.1, 0.15) is 5.75 Å². The summed E-state index contributed by atoms with van der Waals surface area (Å²) in [6, 6.07) is 13.6. The van der Waals surface area contributed by atoms with Crippen LogP contribution in [0.3, 0.4) is 0 Å². The molecule has 1 N–H and O–H groups in total. The number of amides is 1. The van der Waals surface area contributed by atoms with Crippen molar-refractivity contribution in [2.45, 2.75) is 20.3 Å². The van der Waals surface area contributed by atoms with Crippen molar-refractivity contribution in [3.63, 3.8) is 0 Å². The molecular weight excluding hydrogens is 318 g/mol. The summed E-state index contributed by atoms with van der Waals surface area (Å²) in [6.45, 7) is 4.90. The molecule has 0 aliphatic carbocycles. The van der Waals surface area contributed by atoms with Gasteiger partial charge in [-0.2, -0.15) is 0 Å². The van der Waals surface area contributed by atoms with Crippen molar-refractivity contribution in [2.24, 2.45) is 5.92 Å². The SMILES string of the molecule is COC(=O)c1ccc(NC(=O)c2cccc(OCCC(C)C)c2)cc1. The van der Waals surface area contributed by atoms with Crippen LogP contribution in [0.25, 0.3) is 0 Å². The summed E-state index contributed by atoms with van der Waals surface area (Å²) < 4.78 is 10.3. The Balaban J connectivity index is 1.99. The highest BCUT2D eigenvalue weighted by Crippen LogP contribution is 2.17. The Morgan fingerprint density at radius 1 is 1.04 bits per heavy atom. The van der Waals surface area contributed by atoms with Crippen LogP contribution in [0.15, 0.2) is 48.5 Å². The van der Waals surface area contributed by atoms with Crippen LogP contribution < -0.4 is 10.1 Å². The van der Waals surface area contributed by atoms with Gasteiger partial charge in [-0.05, 0) is 54.8 Å². The Morgan fingerprint density at radius 2 is 1.76 bits per heavy atom. The Kier molecular flexibility index (Phi) is 6.57. The van der Waals surface area contributed by atoms with E-state index < -0.39 is 5.97 Å². The number of anilines is 1. The normalized spacial score (nSPS) is 10.4. The average Bonchev–Trinajstić information content (AvgIpc) is 2.61. The van der Waals surface area contributed by atoms with E-state index in [9.17, 15) is 9.59 Å². The second kappa shape index (κ2) is 8.87. The van der Waals surface area contributed by atoms with Crippen molar-refractivity contribution in [1.82, 2.24) is 0 Å². The van der Waals surface area contributed by atoms with E-state index in [1.807, 2.05) is 6.07 Å². The van der Waals surface area contributed by atoms with Crippen molar-refractivity contribution in [3.05, 3.63) is 59.7 Å². The molecule has 0 saturated heterocycles. The lowest BCUT2D eigenvalue weighted by molar-refractivity contribution is 0.0600. The standard InChI is InChI=1S/C20H23NO4/c1-14(2)11-12-25-18-6-4-5-16(13-18)19(22)21-17-9-7-15(8-10-17)20(23)24-3/h4-10,13-14H,11-12H2,1-3H3,(H,21,22). The summed E-state index contributed by atoms with van der Waals surface area (Å²) in [5.41, 5.74) is 1.55. The zero-order valence-corrected chi connectivity index (χ0v) is 14.7. The van der Waals surface area contributed by atoms with Crippen LogP contribution in [0.1, 0.15) is 41.0 Å². The molecule has 0 spiro atoms. The second-order valence-corrected chi connectivity index (χ2v) is 6.08. The van der Waals surface area contributed by atoms with Crippen LogP contribution in [0.5, 0.6) is 5.75 Å². The summed E-state index contributed by atoms with van der Waals surface area (Å²) in [6.07, 6.45) is 0.961. The van der Waals surface area contributed by atoms with Crippen LogP contribution in [-0.4, -0.2) is 25.6 Å². The minimum absolute atomic E-state index is 0.236. The number of methoxy groups -OCH3 is 1. The fraction of sp³-hybridized carbons (Fsp3) is 0.300. The molecule has 0 radical (unpaired) electrons. The molecule has 2 aromatic carbocycles. The van der Waals surface area contributed by atoms with Crippen LogP contribution in [0, 0.1) is 5.92 Å². The molecule has 2 rings (SSSR count). The number of rotatable bonds is 7. The Labute approximate surface area is 148 Å². The number of hydrogen-bond acceptors (Lipinski definition) is 4. The van der Waals surface area contributed by atoms with Gasteiger partial charge in [0.15, 0.2) is 0 Å². The number of benzene rings is 2. The number of hydrogen-bond donors (Lipinski definition) is 1. The lowest BCUT2D eigenvalue weighted by atomic mass is 10.1. The molecule has 25 heavy (non-hydrogen) atoms. The van der Waals surface area contributed by atoms with E-state index in [1.165, 1.54) is 7.11 Å². The van der Waals surface area contributed by atoms with Gasteiger partial charge in [0.25, 0.3) is 5.91 Å². The van der Waals surface area contributed by atoms with E-state index in [1.54, 1.807) is 42.5 Å². The van der Waals surface area contributed by atoms with E-state index in [-0.39, 0.29) is 5.91 Å². The lowest BCUT2D eigenvalue weighted by Crippen LogP contribution is -2.12. The molecule has 5 heteroatoms. The van der Waals surface area contributed by atoms with Gasteiger partial charge in [0, 0.05) is 11.3 Å². The van der Waals surface area contributed by atoms with Crippen molar-refractivity contribution in [2.75, 3.05) is 19.0 Å². The molecule has 0 fully saturated rings. The highest BCUT2D eigenvalue weighted by Gasteiger charge is 2.09. The molecule has 132 valence electrons. The summed E-state index contributed by atoms with van der Waals surface area (Å²) in [5, 5.41) is 2.80. The van der Waals surface area contributed by atoms with E-state index >= 15 is 0 Å². The van der Waals surface area contributed by atoms with Gasteiger partial charge in [0.05, 0.1) is 19.3 Å². The molecule has 0 unspecified atom stereocenters. The van der Waals surface area contributed by atoms with Gasteiger partial charge in [-0.3, -0.25) is 4.79 Å². The molecule has 0 aliphatic heterocycles. The molecule has 5 nitrogen and oxygen atoms in total. The van der Waals surface area contributed by atoms with Crippen molar-refractivity contribution in [1.29, 1.82) is 0 Å². The predicted molar refractivity (Wildman–Crippen MR) is 97.1 cm³/mol. The Bertz CT molecular complexity index is 723. The van der Waals surface area contributed by atoms with Gasteiger partial charge in [0.2, 0.25) is 0 Å². The maximum Gasteiger partial charge on any atom is 0.337 e. The predicted octanol–water partition coefficient (Wildman–Crippen LogP) is 4.15. The van der Waals surface area contributed by atoms with E-state index in [0.717, 1.165) is 6.42 Å². The highest BCUT2D eigenvalue weighted by atomic mass is 16.5. The number of carbonyl (C=O) groups is 2. The number of carbonyl (C=O) groups excluding carboxylic acids is 2. The van der Waals surface area contributed by atoms with Gasteiger partial charge in [-0.1, -0.05) is 19.9 Å². The first-order chi connectivity index (χ1) is 12.0. The molecule has 0 aliphatic rings. The first kappa shape index (κ1) is 18.5. The van der Waals surface area contributed by atoms with Crippen LogP contribution in [0.4, 0.5) is 5.69 Å². The minimum atomic E-state index is -0.413. The molecule has 0 aromatic heterocycles. The second-order valence-electron chi connectivity index (χ2n) is 6.08. The maximum absolute atomic E-state index is 12.4. The van der Waals surface area contributed by atoms with Crippen molar-refractivity contribution >= 4 is 17.6 Å². The first-order valence-electron chi connectivity index (χ1n) is 8.22. The Hall–Kier alpha value is -2.82. The van der Waals surface area contributed by atoms with Gasteiger partial charge in [-0.25, -0.2) is 4.79 Å². The summed E-state index contributed by atoms with van der Waals surface area (Å²) >= 11 is 0. The molecule has 0 saturated carbocycles. The number of esters is 1. The molecule has 2 aromatic rings. The van der Waals surface area contributed by atoms with Crippen LogP contribution in [0.2, 0.25) is 0 Å². The number of ether oxygens (including phenoxy) is 2. The molecule has 0 bridgehead atoms. The fourth-order valence-electron chi connectivity index (χ4n) is 2.15. The topological polar surface area (TPSA) is 64.6 Å². The average molecular weight is 341 g/mol. The third-order valence-corrected chi connectivity index (χ3v) is 3.62. The molecule has 0 heterocycles. The molecule has 0 atom stereocenters. The van der Waals surface area contributed by atoms with Crippen molar-refractivity contribution < 1.29 is 19.1 Å². The van der Waals surface area contributed by atoms with Crippen molar-refractivity contribution in [3.8, 4) is 5.75 Å². The summed E-state index contributed by atoms with van der Waals surface area (Å²) in [5.74, 6) is 0.595. The zero-order chi connectivity index (χ0) is 18.2. The van der Waals surface area contributed by atoms with E-state index in [0.29, 0.717) is 35.1 Å². The van der Waals surface area contributed by atoms with E-state index in [2.05, 4.69) is 23.9 Å². The van der Waals surface area contributed by atoms with E-state index in [4.69, 9.17) is 4.74 Å². The van der Waals surface area contributed by atoms with Gasteiger partial charge < -0.3 is 14.8 Å².